The van der Waals surface area contributed by atoms with Gasteiger partial charge in [-0.1, -0.05) is 6.92 Å². The van der Waals surface area contributed by atoms with Crippen molar-refractivity contribution in [2.24, 2.45) is 0 Å². The van der Waals surface area contributed by atoms with Gasteiger partial charge < -0.3 is 14.6 Å². The van der Waals surface area contributed by atoms with Crippen LogP contribution in [0.4, 0.5) is 0 Å². The third kappa shape index (κ3) is 2.46. The van der Waals surface area contributed by atoms with Crippen LogP contribution in [0.25, 0.3) is 0 Å². The van der Waals surface area contributed by atoms with Crippen molar-refractivity contribution in [3.8, 4) is 11.5 Å². The summed E-state index contributed by atoms with van der Waals surface area (Å²) in [7, 11) is 0. The Morgan fingerprint density at radius 1 is 1.06 bits per heavy atom. The molecular formula is C15H22O3. The Morgan fingerprint density at radius 2 is 1.61 bits per heavy atom. The van der Waals surface area contributed by atoms with Crippen molar-refractivity contribution in [1.82, 2.24) is 0 Å². The van der Waals surface area contributed by atoms with E-state index in [0.717, 1.165) is 29.9 Å². The molecule has 18 heavy (non-hydrogen) atoms. The van der Waals surface area contributed by atoms with Crippen LogP contribution >= 0.6 is 0 Å². The molecule has 0 saturated carbocycles. The molecular weight excluding hydrogens is 228 g/mol. The first-order valence-corrected chi connectivity index (χ1v) is 6.78. The van der Waals surface area contributed by atoms with Crippen LogP contribution in [0.5, 0.6) is 11.5 Å². The molecule has 0 spiro atoms. The number of ether oxygens (including phenoxy) is 2. The highest BCUT2D eigenvalue weighted by molar-refractivity contribution is 5.50. The van der Waals surface area contributed by atoms with Gasteiger partial charge in [-0.05, 0) is 55.9 Å². The molecule has 0 fully saturated rings. The van der Waals surface area contributed by atoms with Gasteiger partial charge in [-0.25, -0.2) is 0 Å². The van der Waals surface area contributed by atoms with Gasteiger partial charge in [0.15, 0.2) is 11.5 Å². The second-order valence-corrected chi connectivity index (χ2v) is 4.79. The fourth-order valence-electron chi connectivity index (χ4n) is 2.56. The van der Waals surface area contributed by atoms with E-state index < -0.39 is 0 Å². The van der Waals surface area contributed by atoms with Crippen LogP contribution in [-0.4, -0.2) is 18.3 Å². The first-order valence-electron chi connectivity index (χ1n) is 6.78. The second kappa shape index (κ2) is 5.61. The lowest BCUT2D eigenvalue weighted by Gasteiger charge is -2.28. The maximum atomic E-state index is 10.1. The summed E-state index contributed by atoms with van der Waals surface area (Å²) < 4.78 is 11.2. The van der Waals surface area contributed by atoms with Crippen LogP contribution in [0.15, 0.2) is 12.1 Å². The Hall–Kier alpha value is -1.22. The van der Waals surface area contributed by atoms with Crippen LogP contribution in [0.3, 0.4) is 0 Å². The minimum absolute atomic E-state index is 0.369. The lowest BCUT2D eigenvalue weighted by atomic mass is 9.82. The maximum absolute atomic E-state index is 10.1. The van der Waals surface area contributed by atoms with Gasteiger partial charge in [0.2, 0.25) is 0 Å². The Labute approximate surface area is 109 Å². The number of fused-ring (bicyclic) bond motifs is 1. The topological polar surface area (TPSA) is 38.7 Å². The molecule has 1 unspecified atom stereocenters. The Morgan fingerprint density at radius 3 is 2.17 bits per heavy atom. The number of benzene rings is 1. The summed E-state index contributed by atoms with van der Waals surface area (Å²) in [6.07, 6.45) is 1.48. The van der Waals surface area contributed by atoms with Gasteiger partial charge in [0.25, 0.3) is 0 Å². The van der Waals surface area contributed by atoms with Crippen molar-refractivity contribution in [3.63, 3.8) is 0 Å². The van der Waals surface area contributed by atoms with Crippen molar-refractivity contribution in [2.75, 3.05) is 13.2 Å². The normalized spacial score (nSPS) is 22.4. The largest absolute Gasteiger partial charge is 0.490 e. The zero-order valence-corrected chi connectivity index (χ0v) is 11.4. The third-order valence-corrected chi connectivity index (χ3v) is 3.51. The molecule has 0 saturated heterocycles. The average molecular weight is 250 g/mol. The highest BCUT2D eigenvalue weighted by Crippen LogP contribution is 2.42. The van der Waals surface area contributed by atoms with E-state index in [1.165, 1.54) is 5.56 Å². The third-order valence-electron chi connectivity index (χ3n) is 3.51. The molecule has 0 bridgehead atoms. The predicted octanol–water partition coefficient (Wildman–Crippen LogP) is 3.41. The first-order chi connectivity index (χ1) is 8.67. The smallest absolute Gasteiger partial charge is 0.161 e. The molecule has 0 aliphatic heterocycles. The summed E-state index contributed by atoms with van der Waals surface area (Å²) in [4.78, 5) is 0. The molecule has 100 valence electrons. The monoisotopic (exact) mass is 250 g/mol. The van der Waals surface area contributed by atoms with E-state index in [0.29, 0.717) is 19.1 Å². The molecule has 0 amide bonds. The molecule has 3 heteroatoms. The Kier molecular flexibility index (Phi) is 4.12. The molecule has 2 atom stereocenters. The molecule has 0 aromatic heterocycles. The molecule has 3 nitrogen and oxygen atoms in total. The molecule has 1 N–H and O–H groups in total. The first kappa shape index (κ1) is 13.2. The van der Waals surface area contributed by atoms with E-state index in [1.54, 1.807) is 0 Å². The summed E-state index contributed by atoms with van der Waals surface area (Å²) in [6.45, 7) is 7.34. The van der Waals surface area contributed by atoms with Gasteiger partial charge in [0.1, 0.15) is 0 Å². The number of hydrogen-bond acceptors (Lipinski definition) is 3. The lowest BCUT2D eigenvalue weighted by Crippen LogP contribution is -2.13. The quantitative estimate of drug-likeness (QED) is 0.890. The van der Waals surface area contributed by atoms with Crippen molar-refractivity contribution in [1.29, 1.82) is 0 Å². The standard InChI is InChI=1S/C15H22O3/c1-4-17-14-8-11-10(3)6-7-13(16)12(11)9-15(14)18-5-2/h8-10,13,16H,4-7H2,1-3H3/t10?,13-/m1/s1. The van der Waals surface area contributed by atoms with Crippen LogP contribution < -0.4 is 9.47 Å². The highest BCUT2D eigenvalue weighted by Gasteiger charge is 2.25. The van der Waals surface area contributed by atoms with Crippen LogP contribution in [-0.2, 0) is 0 Å². The number of hydrogen-bond donors (Lipinski definition) is 1. The maximum Gasteiger partial charge on any atom is 0.161 e. The molecule has 0 heterocycles. The van der Waals surface area contributed by atoms with Crippen molar-refractivity contribution in [3.05, 3.63) is 23.3 Å². The molecule has 1 aliphatic rings. The van der Waals surface area contributed by atoms with Crippen LogP contribution in [0.2, 0.25) is 0 Å². The summed E-state index contributed by atoms with van der Waals surface area (Å²) >= 11 is 0. The zero-order valence-electron chi connectivity index (χ0n) is 11.4. The van der Waals surface area contributed by atoms with Crippen molar-refractivity contribution < 1.29 is 14.6 Å². The minimum Gasteiger partial charge on any atom is -0.490 e. The zero-order chi connectivity index (χ0) is 13.1. The molecule has 1 aliphatic carbocycles. The van der Waals surface area contributed by atoms with Crippen molar-refractivity contribution >= 4 is 0 Å². The van der Waals surface area contributed by atoms with E-state index >= 15 is 0 Å². The summed E-state index contributed by atoms with van der Waals surface area (Å²) in [5.41, 5.74) is 2.20. The van der Waals surface area contributed by atoms with Gasteiger partial charge in [0, 0.05) is 0 Å². The van der Waals surface area contributed by atoms with E-state index in [4.69, 9.17) is 9.47 Å². The Balaban J connectivity index is 2.45. The van der Waals surface area contributed by atoms with E-state index in [2.05, 4.69) is 6.92 Å². The molecule has 1 aromatic rings. The number of rotatable bonds is 4. The van der Waals surface area contributed by atoms with E-state index in [9.17, 15) is 5.11 Å². The molecule has 0 radical (unpaired) electrons. The van der Waals surface area contributed by atoms with Crippen LogP contribution in [0, 0.1) is 0 Å². The fourth-order valence-corrected chi connectivity index (χ4v) is 2.56. The molecule has 1 aromatic carbocycles. The summed E-state index contributed by atoms with van der Waals surface area (Å²) in [5.74, 6) is 2.00. The second-order valence-electron chi connectivity index (χ2n) is 4.79. The predicted molar refractivity (Wildman–Crippen MR) is 71.4 cm³/mol. The minimum atomic E-state index is -0.369. The van der Waals surface area contributed by atoms with Gasteiger partial charge in [-0.15, -0.1) is 0 Å². The Bertz CT molecular complexity index is 375. The summed E-state index contributed by atoms with van der Waals surface area (Å²) in [5, 5.41) is 10.1. The van der Waals surface area contributed by atoms with Gasteiger partial charge >= 0.3 is 0 Å². The molecule has 2 rings (SSSR count). The highest BCUT2D eigenvalue weighted by atomic mass is 16.5. The van der Waals surface area contributed by atoms with Gasteiger partial charge in [0.05, 0.1) is 19.3 Å². The fraction of sp³-hybridized carbons (Fsp3) is 0.600. The van der Waals surface area contributed by atoms with Crippen LogP contribution in [0.1, 0.15) is 56.8 Å². The van der Waals surface area contributed by atoms with E-state index in [1.807, 2.05) is 26.0 Å². The average Bonchev–Trinajstić information content (AvgIpc) is 2.36. The summed E-state index contributed by atoms with van der Waals surface area (Å²) in [6, 6.07) is 3.99. The number of aliphatic hydroxyl groups excluding tert-OH is 1. The SMILES string of the molecule is CCOc1cc2c(cc1OCC)[C@H](O)CCC2C. The lowest BCUT2D eigenvalue weighted by molar-refractivity contribution is 0.150. The number of aliphatic hydroxyl groups is 1. The van der Waals surface area contributed by atoms with Gasteiger partial charge in [-0.3, -0.25) is 0 Å². The van der Waals surface area contributed by atoms with Gasteiger partial charge in [-0.2, -0.15) is 0 Å². The van der Waals surface area contributed by atoms with E-state index in [-0.39, 0.29) is 6.10 Å². The van der Waals surface area contributed by atoms with Crippen molar-refractivity contribution in [2.45, 2.75) is 45.6 Å².